The molecule has 534 valence electrons. The third-order valence-electron chi connectivity index (χ3n) is 18.7. The zero-order valence-corrected chi connectivity index (χ0v) is 59.3. The minimum absolute atomic E-state index is 0.241. The maximum absolute atomic E-state index is 13.3. The van der Waals surface area contributed by atoms with Crippen molar-refractivity contribution in [2.24, 2.45) is 0 Å². The number of carbonyl (C=O) groups is 1. The molecule has 9 unspecified atom stereocenters. The molecule has 8 N–H and O–H groups in total. The second-order valence-corrected chi connectivity index (χ2v) is 27.4. The first kappa shape index (κ1) is 86.8. The molecule has 0 bridgehead atoms. The molecule has 1 saturated heterocycles. The first-order chi connectivity index (χ1) is 44.7. The van der Waals surface area contributed by atoms with Crippen molar-refractivity contribution in [2.45, 2.75) is 428 Å². The largest absolute Gasteiger partial charge is 0.394 e. The van der Waals surface area contributed by atoms with Crippen molar-refractivity contribution in [3.05, 3.63) is 60.8 Å². The fraction of sp³-hybridized carbons (Fsp3) is 0.863. The summed E-state index contributed by atoms with van der Waals surface area (Å²) in [7, 11) is 0. The highest BCUT2D eigenvalue weighted by molar-refractivity contribution is 5.80. The maximum atomic E-state index is 13.3. The highest BCUT2D eigenvalue weighted by Gasteiger charge is 2.44. The lowest BCUT2D eigenvalue weighted by atomic mass is 9.98. The molecule has 0 aliphatic carbocycles. The molecule has 91 heavy (non-hydrogen) atoms. The smallest absolute Gasteiger partial charge is 0.249 e. The predicted octanol–water partition coefficient (Wildman–Crippen LogP) is 20.0. The van der Waals surface area contributed by atoms with Crippen molar-refractivity contribution in [1.29, 1.82) is 0 Å². The normalized spacial score (nSPS) is 18.7. The van der Waals surface area contributed by atoms with E-state index in [-0.39, 0.29) is 12.8 Å². The number of amides is 1. The van der Waals surface area contributed by atoms with Gasteiger partial charge in [0.25, 0.3) is 0 Å². The van der Waals surface area contributed by atoms with E-state index in [4.69, 9.17) is 9.47 Å². The molecule has 0 aromatic carbocycles. The summed E-state index contributed by atoms with van der Waals surface area (Å²) in [5.41, 5.74) is 0. The second kappa shape index (κ2) is 67.8. The number of ether oxygens (including phenoxy) is 2. The number of aliphatic hydroxyl groups excluding tert-OH is 7. The third kappa shape index (κ3) is 54.6. The Hall–Kier alpha value is -2.19. The monoisotopic (exact) mass is 1280 g/mol. The van der Waals surface area contributed by atoms with E-state index in [0.29, 0.717) is 19.3 Å². The quantitative estimate of drug-likeness (QED) is 0.0215. The van der Waals surface area contributed by atoms with Crippen LogP contribution in [0.3, 0.4) is 0 Å². The van der Waals surface area contributed by atoms with E-state index in [2.05, 4.69) is 79.9 Å². The van der Waals surface area contributed by atoms with Gasteiger partial charge in [0.1, 0.15) is 36.6 Å². The van der Waals surface area contributed by atoms with Crippen molar-refractivity contribution in [1.82, 2.24) is 5.32 Å². The fourth-order valence-electron chi connectivity index (χ4n) is 12.5. The number of hydrogen-bond acceptors (Lipinski definition) is 10. The van der Waals surface area contributed by atoms with Gasteiger partial charge in [0.2, 0.25) is 5.91 Å². The summed E-state index contributed by atoms with van der Waals surface area (Å²) in [5, 5.41) is 76.6. The zero-order chi connectivity index (χ0) is 66.0. The number of aliphatic hydroxyl groups is 7. The van der Waals surface area contributed by atoms with Crippen molar-refractivity contribution in [3.8, 4) is 0 Å². The van der Waals surface area contributed by atoms with E-state index in [1.165, 1.54) is 276 Å². The summed E-state index contributed by atoms with van der Waals surface area (Å²) >= 11 is 0. The number of hydrogen-bond donors (Lipinski definition) is 8. The van der Waals surface area contributed by atoms with Crippen LogP contribution in [0.2, 0.25) is 0 Å². The molecule has 0 radical (unpaired) electrons. The lowest BCUT2D eigenvalue weighted by Gasteiger charge is -2.40. The van der Waals surface area contributed by atoms with Crippen LogP contribution in [0, 0.1) is 0 Å². The third-order valence-corrected chi connectivity index (χ3v) is 18.7. The Morgan fingerprint density at radius 3 is 1.04 bits per heavy atom. The summed E-state index contributed by atoms with van der Waals surface area (Å²) < 4.78 is 11.2. The van der Waals surface area contributed by atoms with Gasteiger partial charge in [0.15, 0.2) is 6.29 Å². The average molecular weight is 1290 g/mol. The van der Waals surface area contributed by atoms with Crippen molar-refractivity contribution >= 4 is 5.91 Å². The number of unbranched alkanes of at least 4 members (excludes halogenated alkanes) is 47. The highest BCUT2D eigenvalue weighted by Crippen LogP contribution is 2.24. The molecule has 1 rings (SSSR count). The first-order valence-electron chi connectivity index (χ1n) is 39.2. The average Bonchev–Trinajstić information content (AvgIpc) is 1.05. The van der Waals surface area contributed by atoms with Crippen LogP contribution in [0.4, 0.5) is 0 Å². The summed E-state index contributed by atoms with van der Waals surface area (Å²) in [6.07, 6.45) is 80.5. The van der Waals surface area contributed by atoms with Gasteiger partial charge in [-0.05, 0) is 96.3 Å². The topological polar surface area (TPSA) is 189 Å². The SMILES string of the molecule is CCCCCCCCCCC/C=C\C/C=C\CCCCCCCCCCCCCCCCCCC(O)C(=O)NC(COC1OC(CO)C(O)C(O)C1O)C(O)C(O)CCC/C=C/CC/C=C/CC/C=C/CCCCCCCCCCCCCCCCCCCCC. The number of rotatable bonds is 69. The van der Waals surface area contributed by atoms with Crippen LogP contribution < -0.4 is 5.32 Å². The number of carbonyl (C=O) groups excluding carboxylic acids is 1. The summed E-state index contributed by atoms with van der Waals surface area (Å²) in [6.45, 7) is 3.49. The molecule has 11 nitrogen and oxygen atoms in total. The van der Waals surface area contributed by atoms with E-state index >= 15 is 0 Å². The lowest BCUT2D eigenvalue weighted by Crippen LogP contribution is -2.60. The van der Waals surface area contributed by atoms with Gasteiger partial charge in [-0.3, -0.25) is 4.79 Å². The molecule has 0 aromatic rings. The molecule has 11 heteroatoms. The number of allylic oxidation sites excluding steroid dienone is 10. The Morgan fingerprint density at radius 2 is 0.692 bits per heavy atom. The molecule has 0 saturated carbocycles. The Kier molecular flexibility index (Phi) is 64.7. The van der Waals surface area contributed by atoms with Crippen molar-refractivity contribution < 1.29 is 50.0 Å². The number of nitrogens with one attached hydrogen (secondary N) is 1. The highest BCUT2D eigenvalue weighted by atomic mass is 16.7. The van der Waals surface area contributed by atoms with E-state index in [9.17, 15) is 40.5 Å². The van der Waals surface area contributed by atoms with Crippen molar-refractivity contribution in [3.63, 3.8) is 0 Å². The first-order valence-corrected chi connectivity index (χ1v) is 39.2. The van der Waals surface area contributed by atoms with E-state index < -0.39 is 74.2 Å². The van der Waals surface area contributed by atoms with Gasteiger partial charge < -0.3 is 50.5 Å². The molecule has 0 spiro atoms. The summed E-state index contributed by atoms with van der Waals surface area (Å²) in [6, 6.07) is -1.20. The van der Waals surface area contributed by atoms with Crippen LogP contribution in [-0.2, 0) is 14.3 Å². The van der Waals surface area contributed by atoms with Crippen LogP contribution in [-0.4, -0.2) is 110 Å². The molecule has 1 heterocycles. The molecule has 1 fully saturated rings. The second-order valence-electron chi connectivity index (χ2n) is 27.4. The van der Waals surface area contributed by atoms with Gasteiger partial charge in [0.05, 0.1) is 25.4 Å². The molecule has 1 aliphatic heterocycles. The van der Waals surface area contributed by atoms with Gasteiger partial charge in [-0.15, -0.1) is 0 Å². The Balaban J connectivity index is 2.19. The minimum atomic E-state index is -1.68. The van der Waals surface area contributed by atoms with Crippen LogP contribution in [0.15, 0.2) is 60.8 Å². The van der Waals surface area contributed by atoms with Crippen LogP contribution in [0.5, 0.6) is 0 Å². The molecule has 1 aliphatic rings. The molecule has 0 aromatic heterocycles. The van der Waals surface area contributed by atoms with Gasteiger partial charge in [-0.1, -0.05) is 338 Å². The van der Waals surface area contributed by atoms with Crippen LogP contribution in [0.1, 0.15) is 373 Å². The van der Waals surface area contributed by atoms with Crippen LogP contribution >= 0.6 is 0 Å². The van der Waals surface area contributed by atoms with Crippen molar-refractivity contribution in [2.75, 3.05) is 13.2 Å². The lowest BCUT2D eigenvalue weighted by molar-refractivity contribution is -0.303. The van der Waals surface area contributed by atoms with E-state index in [0.717, 1.165) is 51.4 Å². The summed E-state index contributed by atoms with van der Waals surface area (Å²) in [4.78, 5) is 13.3. The molecular weight excluding hydrogens is 1130 g/mol. The van der Waals surface area contributed by atoms with E-state index in [1.807, 2.05) is 0 Å². The van der Waals surface area contributed by atoms with Gasteiger partial charge in [-0.2, -0.15) is 0 Å². The van der Waals surface area contributed by atoms with E-state index in [1.54, 1.807) is 0 Å². The standard InChI is InChI=1S/C80H149NO10/c1-3-5-7-9-11-13-15-17-19-21-23-25-27-29-31-33-35-37-39-41-43-45-47-49-51-53-55-57-59-61-63-65-67-72(83)75(85)71(70-90-80-78(88)77(87)76(86)74(69-82)91-80)81-79(89)73(84)68-66-64-62-60-58-56-54-52-50-48-46-44-42-40-38-36-34-32-30-28-26-24-22-20-18-16-14-12-10-8-6-4-2/h24,26,30,32,43,45,51,53,59,61,71-78,80,82-88H,3-23,25,27-29,31,33-42,44,46-50,52,54-58,60,62-70H2,1-2H3,(H,81,89)/b26-24-,32-30-,45-43+,53-51+,61-59+. The van der Waals surface area contributed by atoms with Crippen LogP contribution in [0.25, 0.3) is 0 Å². The van der Waals surface area contributed by atoms with Gasteiger partial charge >= 0.3 is 0 Å². The molecule has 9 atom stereocenters. The summed E-state index contributed by atoms with van der Waals surface area (Å²) in [5.74, 6) is -0.708. The Labute approximate surface area is 561 Å². The Bertz CT molecular complexity index is 1670. The zero-order valence-electron chi connectivity index (χ0n) is 59.3. The molecular formula is C80H149NO10. The molecule has 1 amide bonds. The minimum Gasteiger partial charge on any atom is -0.394 e. The van der Waals surface area contributed by atoms with Gasteiger partial charge in [0, 0.05) is 0 Å². The Morgan fingerprint density at radius 1 is 0.385 bits per heavy atom. The maximum Gasteiger partial charge on any atom is 0.249 e. The fourth-order valence-corrected chi connectivity index (χ4v) is 12.5. The predicted molar refractivity (Wildman–Crippen MR) is 385 cm³/mol. The van der Waals surface area contributed by atoms with Gasteiger partial charge in [-0.25, -0.2) is 0 Å².